The number of nitrogens with one attached hydrogen (secondary N) is 1. The van der Waals surface area contributed by atoms with Crippen molar-refractivity contribution >= 4 is 40.6 Å². The lowest BCUT2D eigenvalue weighted by molar-refractivity contribution is 0.177. The van der Waals surface area contributed by atoms with Crippen LogP contribution in [0.1, 0.15) is 67.7 Å². The van der Waals surface area contributed by atoms with E-state index in [1.54, 1.807) is 18.3 Å². The first-order chi connectivity index (χ1) is 18.6. The zero-order chi connectivity index (χ0) is 27.8. The van der Waals surface area contributed by atoms with Gasteiger partial charge in [0.2, 0.25) is 0 Å². The number of aliphatic hydroxyl groups excluding tert-OH is 1. The quantitative estimate of drug-likeness (QED) is 0.393. The Morgan fingerprint density at radius 3 is 2.67 bits per heavy atom. The Hall–Kier alpha value is -2.72. The summed E-state index contributed by atoms with van der Waals surface area (Å²) in [5.74, 6) is 0.0544. The molecule has 10 heteroatoms. The molecule has 1 aromatic carbocycles. The predicted octanol–water partition coefficient (Wildman–Crippen LogP) is 5.26. The number of hydrogen-bond acceptors (Lipinski definition) is 6. The zero-order valence-electron chi connectivity index (χ0n) is 22.3. The summed E-state index contributed by atoms with van der Waals surface area (Å²) in [6.45, 7) is 7.19. The molecule has 5 rings (SSSR count). The number of anilines is 1. The molecule has 1 aliphatic heterocycles. The Morgan fingerprint density at radius 2 is 1.95 bits per heavy atom. The minimum atomic E-state index is -1.19. The summed E-state index contributed by atoms with van der Waals surface area (Å²) >= 11 is 5.77. The Kier molecular flexibility index (Phi) is 7.88. The molecule has 0 saturated carbocycles. The fourth-order valence-electron chi connectivity index (χ4n) is 5.51. The van der Waals surface area contributed by atoms with Gasteiger partial charge in [0, 0.05) is 24.8 Å². The van der Waals surface area contributed by atoms with Crippen LogP contribution in [0.3, 0.4) is 0 Å². The minimum absolute atomic E-state index is 0.00824. The number of hydrogen-bond donors (Lipinski definition) is 2. The number of rotatable bonds is 6. The van der Waals surface area contributed by atoms with Crippen LogP contribution in [-0.2, 0) is 24.0 Å². The molecule has 2 aliphatic rings. The molecule has 3 heterocycles. The average Bonchev–Trinajstić information content (AvgIpc) is 3.21. The van der Waals surface area contributed by atoms with Gasteiger partial charge in [-0.15, -0.1) is 0 Å². The van der Waals surface area contributed by atoms with Crippen LogP contribution in [0.15, 0.2) is 42.7 Å². The average molecular weight is 570 g/mol. The third-order valence-electron chi connectivity index (χ3n) is 7.66. The van der Waals surface area contributed by atoms with Crippen LogP contribution in [0, 0.1) is 11.2 Å². The van der Waals surface area contributed by atoms with Crippen LogP contribution in [0.5, 0.6) is 0 Å². The first-order valence-corrected chi connectivity index (χ1v) is 14.6. The van der Waals surface area contributed by atoms with Crippen molar-refractivity contribution in [3.8, 4) is 0 Å². The molecule has 0 amide bonds. The van der Waals surface area contributed by atoms with Crippen molar-refractivity contribution in [3.63, 3.8) is 0 Å². The van der Waals surface area contributed by atoms with E-state index >= 15 is 0 Å². The maximum Gasteiger partial charge on any atom is 0.167 e. The van der Waals surface area contributed by atoms with Crippen molar-refractivity contribution in [3.05, 3.63) is 81.8 Å². The monoisotopic (exact) mass is 569 g/mol. The van der Waals surface area contributed by atoms with Crippen LogP contribution in [0.4, 0.5) is 10.2 Å². The lowest BCUT2D eigenvalue weighted by Crippen LogP contribution is -2.48. The summed E-state index contributed by atoms with van der Waals surface area (Å²) in [5, 5.41) is 9.91. The van der Waals surface area contributed by atoms with Crippen molar-refractivity contribution in [2.75, 3.05) is 18.0 Å². The van der Waals surface area contributed by atoms with Gasteiger partial charge in [-0.1, -0.05) is 35.9 Å². The van der Waals surface area contributed by atoms with E-state index in [4.69, 9.17) is 11.6 Å². The highest BCUT2D eigenvalue weighted by Gasteiger charge is 2.49. The van der Waals surface area contributed by atoms with Gasteiger partial charge in [-0.25, -0.2) is 28.3 Å². The van der Waals surface area contributed by atoms with Crippen LogP contribution < -0.4 is 9.62 Å². The summed E-state index contributed by atoms with van der Waals surface area (Å²) in [6, 6.07) is 9.99. The number of benzene rings is 1. The molecule has 1 saturated heterocycles. The summed E-state index contributed by atoms with van der Waals surface area (Å²) < 4.78 is 30.4. The summed E-state index contributed by atoms with van der Waals surface area (Å²) in [7, 11) is -1.19. The highest BCUT2D eigenvalue weighted by atomic mass is 35.5. The summed E-state index contributed by atoms with van der Waals surface area (Å²) in [5.41, 5.74) is 3.77. The normalized spacial score (nSPS) is 19.5. The summed E-state index contributed by atoms with van der Waals surface area (Å²) in [6.07, 6.45) is 8.97. The van der Waals surface area contributed by atoms with E-state index in [0.717, 1.165) is 32.4 Å². The minimum Gasteiger partial charge on any atom is -0.390 e. The van der Waals surface area contributed by atoms with E-state index in [2.05, 4.69) is 48.8 Å². The number of halogens is 2. The van der Waals surface area contributed by atoms with E-state index < -0.39 is 16.8 Å². The van der Waals surface area contributed by atoms with Gasteiger partial charge in [0.05, 0.1) is 40.3 Å². The van der Waals surface area contributed by atoms with Crippen LogP contribution >= 0.6 is 11.6 Å². The SMILES string of the molecule is CC(C)(C)S(=O)N[C@@H]1c2ccccc2CC12CCN(c1ncc(/C=C\c3ccnc(Cl)c3F)nc1CO)CC2. The van der Waals surface area contributed by atoms with Crippen molar-refractivity contribution in [1.29, 1.82) is 0 Å². The molecule has 1 aliphatic carbocycles. The second kappa shape index (κ2) is 11.0. The first kappa shape index (κ1) is 27.8. The van der Waals surface area contributed by atoms with Crippen molar-refractivity contribution in [2.45, 2.75) is 57.4 Å². The molecule has 7 nitrogen and oxygen atoms in total. The highest BCUT2D eigenvalue weighted by molar-refractivity contribution is 7.84. The molecule has 39 heavy (non-hydrogen) atoms. The van der Waals surface area contributed by atoms with Gasteiger partial charge in [0.15, 0.2) is 16.8 Å². The predicted molar refractivity (Wildman–Crippen MR) is 154 cm³/mol. The van der Waals surface area contributed by atoms with Crippen molar-refractivity contribution < 1.29 is 13.7 Å². The molecule has 2 atom stereocenters. The molecule has 2 aromatic heterocycles. The largest absolute Gasteiger partial charge is 0.390 e. The Bertz CT molecular complexity index is 1420. The molecule has 1 fully saturated rings. The smallest absolute Gasteiger partial charge is 0.167 e. The van der Waals surface area contributed by atoms with Crippen molar-refractivity contribution in [2.24, 2.45) is 5.41 Å². The molecule has 1 spiro atoms. The number of aliphatic hydroxyl groups is 1. The third kappa shape index (κ3) is 5.63. The number of piperidine rings is 1. The molecular formula is C29H33ClFN5O2S. The van der Waals surface area contributed by atoms with Gasteiger partial charge in [-0.05, 0) is 74.8 Å². The highest BCUT2D eigenvalue weighted by Crippen LogP contribution is 2.52. The fraction of sp³-hybridized carbons (Fsp3) is 0.414. The maximum absolute atomic E-state index is 14.2. The van der Waals surface area contributed by atoms with Gasteiger partial charge >= 0.3 is 0 Å². The van der Waals surface area contributed by atoms with E-state index in [-0.39, 0.29) is 28.0 Å². The Morgan fingerprint density at radius 1 is 1.21 bits per heavy atom. The van der Waals surface area contributed by atoms with E-state index in [9.17, 15) is 13.7 Å². The molecule has 1 unspecified atom stereocenters. The van der Waals surface area contributed by atoms with Gasteiger partial charge in [-0.3, -0.25) is 0 Å². The van der Waals surface area contributed by atoms with Crippen molar-refractivity contribution in [1.82, 2.24) is 19.7 Å². The van der Waals surface area contributed by atoms with E-state index in [1.807, 2.05) is 20.8 Å². The molecule has 2 N–H and O–H groups in total. The first-order valence-electron chi connectivity index (χ1n) is 13.1. The van der Waals surface area contributed by atoms with Gasteiger partial charge in [0.25, 0.3) is 0 Å². The number of fused-ring (bicyclic) bond motifs is 1. The van der Waals surface area contributed by atoms with E-state index in [1.165, 1.54) is 23.4 Å². The fourth-order valence-corrected chi connectivity index (χ4v) is 6.62. The van der Waals surface area contributed by atoms with Crippen LogP contribution in [0.2, 0.25) is 5.15 Å². The third-order valence-corrected chi connectivity index (χ3v) is 9.49. The lowest BCUT2D eigenvalue weighted by atomic mass is 9.73. The number of pyridine rings is 1. The molecule has 3 aromatic rings. The second-order valence-corrected chi connectivity index (χ2v) is 13.6. The van der Waals surface area contributed by atoms with Gasteiger partial charge in [0.1, 0.15) is 5.69 Å². The van der Waals surface area contributed by atoms with E-state index in [0.29, 0.717) is 22.8 Å². The Labute approximate surface area is 236 Å². The molecule has 0 bridgehead atoms. The molecule has 0 radical (unpaired) electrons. The molecule has 206 valence electrons. The topological polar surface area (TPSA) is 91.2 Å². The van der Waals surface area contributed by atoms with Crippen LogP contribution in [0.25, 0.3) is 12.2 Å². The zero-order valence-corrected chi connectivity index (χ0v) is 23.9. The summed E-state index contributed by atoms with van der Waals surface area (Å²) in [4.78, 5) is 15.1. The Balaban J connectivity index is 1.34. The second-order valence-electron chi connectivity index (χ2n) is 11.2. The number of nitrogens with zero attached hydrogens (tertiary/aromatic N) is 4. The standard InChI is InChI=1S/C29H33ClFN5O2S/c1-28(2,3)39(38)35-25-22-7-5-4-6-20(22)16-29(25)11-14-36(15-12-29)27-23(18-37)34-21(17-33-27)9-8-19-10-13-32-26(30)24(19)31/h4-10,13,17,25,35,37H,11-12,14-16,18H2,1-3H3/b9-8-/t25-,39?/m1/s1. The molecular weight excluding hydrogens is 537 g/mol. The lowest BCUT2D eigenvalue weighted by Gasteiger charge is -2.44. The van der Waals surface area contributed by atoms with Gasteiger partial charge in [-0.2, -0.15) is 0 Å². The van der Waals surface area contributed by atoms with Crippen LogP contribution in [-0.4, -0.2) is 42.1 Å². The number of aromatic nitrogens is 3. The van der Waals surface area contributed by atoms with Gasteiger partial charge < -0.3 is 10.0 Å². The maximum atomic E-state index is 14.2.